The Balaban J connectivity index is 1.82. The van der Waals surface area contributed by atoms with Crippen molar-refractivity contribution in [1.29, 1.82) is 0 Å². The maximum Gasteiger partial charge on any atom is 0.305 e. The van der Waals surface area contributed by atoms with Crippen molar-refractivity contribution in [2.75, 3.05) is 42.2 Å². The van der Waals surface area contributed by atoms with Gasteiger partial charge in [0.25, 0.3) is 0 Å². The molecule has 1 aromatic carbocycles. The van der Waals surface area contributed by atoms with Gasteiger partial charge >= 0.3 is 5.69 Å². The van der Waals surface area contributed by atoms with Crippen molar-refractivity contribution in [3.63, 3.8) is 0 Å². The summed E-state index contributed by atoms with van der Waals surface area (Å²) in [7, 11) is -3.49. The van der Waals surface area contributed by atoms with Crippen LogP contribution in [0.4, 0.5) is 16.4 Å². The molecule has 2 heterocycles. The van der Waals surface area contributed by atoms with Crippen molar-refractivity contribution in [1.82, 2.24) is 0 Å². The average molecular weight is 383 g/mol. The molecule has 1 aliphatic rings. The SMILES string of the molecule is CS(=O)(=O)c1cc([N+](=O)[O-])c(N2CCN(c3ccccc3O)CC2)s1. The van der Waals surface area contributed by atoms with Crippen LogP contribution in [0.15, 0.2) is 34.5 Å². The lowest BCUT2D eigenvalue weighted by molar-refractivity contribution is -0.383. The Morgan fingerprint density at radius 2 is 1.76 bits per heavy atom. The van der Waals surface area contributed by atoms with Crippen LogP contribution in [0.2, 0.25) is 0 Å². The second-order valence-corrected chi connectivity index (χ2v) is 9.02. The minimum absolute atomic E-state index is 0.00247. The fourth-order valence-electron chi connectivity index (χ4n) is 2.77. The van der Waals surface area contributed by atoms with Crippen LogP contribution in [-0.4, -0.2) is 50.9 Å². The first-order chi connectivity index (χ1) is 11.8. The third-order valence-corrected chi connectivity index (χ3v) is 7.01. The summed E-state index contributed by atoms with van der Waals surface area (Å²) in [5, 5.41) is 21.6. The smallest absolute Gasteiger partial charge is 0.305 e. The van der Waals surface area contributed by atoms with Crippen molar-refractivity contribution >= 4 is 37.5 Å². The molecule has 0 radical (unpaired) electrons. The molecule has 8 nitrogen and oxygen atoms in total. The quantitative estimate of drug-likeness (QED) is 0.637. The first-order valence-electron chi connectivity index (χ1n) is 7.53. The average Bonchev–Trinajstić information content (AvgIpc) is 3.01. The largest absolute Gasteiger partial charge is 0.506 e. The molecular weight excluding hydrogens is 366 g/mol. The van der Waals surface area contributed by atoms with Gasteiger partial charge in [-0.1, -0.05) is 23.5 Å². The topological polar surface area (TPSA) is 104 Å². The highest BCUT2D eigenvalue weighted by molar-refractivity contribution is 7.92. The molecule has 10 heteroatoms. The number of aromatic hydroxyl groups is 1. The first-order valence-corrected chi connectivity index (χ1v) is 10.2. The van der Waals surface area contributed by atoms with Crippen molar-refractivity contribution in [3.8, 4) is 5.75 Å². The number of phenolic OH excluding ortho intramolecular Hbond substituents is 1. The standard InChI is InChI=1S/C15H17N3O5S2/c1-25(22,23)14-10-12(18(20)21)15(24-14)17-8-6-16(7-9-17)11-4-2-3-5-13(11)19/h2-5,10,19H,6-9H2,1H3. The van der Waals surface area contributed by atoms with Gasteiger partial charge in [-0.05, 0) is 12.1 Å². The number of para-hydroxylation sites is 2. The second kappa shape index (κ2) is 6.52. The van der Waals surface area contributed by atoms with E-state index in [1.807, 2.05) is 21.9 Å². The van der Waals surface area contributed by atoms with Gasteiger partial charge in [0.2, 0.25) is 0 Å². The van der Waals surface area contributed by atoms with Crippen molar-refractivity contribution in [2.45, 2.75) is 4.21 Å². The first kappa shape index (κ1) is 17.5. The van der Waals surface area contributed by atoms with Crippen LogP contribution in [0.5, 0.6) is 5.75 Å². The molecule has 1 N–H and O–H groups in total. The zero-order valence-electron chi connectivity index (χ0n) is 13.5. The minimum atomic E-state index is -3.49. The highest BCUT2D eigenvalue weighted by atomic mass is 32.2. The van der Waals surface area contributed by atoms with Gasteiger partial charge in [-0.15, -0.1) is 0 Å². The van der Waals surface area contributed by atoms with Crippen LogP contribution in [0, 0.1) is 10.1 Å². The molecule has 1 saturated heterocycles. The van der Waals surface area contributed by atoms with Gasteiger partial charge in [0.15, 0.2) is 14.8 Å². The van der Waals surface area contributed by atoms with Crippen LogP contribution in [0.25, 0.3) is 0 Å². The Labute approximate surface area is 149 Å². The molecule has 0 saturated carbocycles. The normalized spacial score (nSPS) is 15.4. The lowest BCUT2D eigenvalue weighted by Crippen LogP contribution is -2.46. The zero-order chi connectivity index (χ0) is 18.2. The van der Waals surface area contributed by atoms with Crippen molar-refractivity contribution in [3.05, 3.63) is 40.4 Å². The van der Waals surface area contributed by atoms with E-state index in [1.54, 1.807) is 12.1 Å². The van der Waals surface area contributed by atoms with Crippen LogP contribution in [-0.2, 0) is 9.84 Å². The number of piperazine rings is 1. The summed E-state index contributed by atoms with van der Waals surface area (Å²) in [6, 6.07) is 8.15. The molecule has 0 atom stereocenters. The van der Waals surface area contributed by atoms with Gasteiger partial charge in [0, 0.05) is 38.5 Å². The highest BCUT2D eigenvalue weighted by Gasteiger charge is 2.29. The van der Waals surface area contributed by atoms with Gasteiger partial charge in [0.1, 0.15) is 9.96 Å². The number of nitro groups is 1. The molecule has 1 fully saturated rings. The Bertz CT molecular complexity index is 902. The van der Waals surface area contributed by atoms with E-state index >= 15 is 0 Å². The fourth-order valence-corrected chi connectivity index (χ4v) is 4.85. The van der Waals surface area contributed by atoms with E-state index in [-0.39, 0.29) is 15.6 Å². The summed E-state index contributed by atoms with van der Waals surface area (Å²) in [5.41, 5.74) is 0.543. The van der Waals surface area contributed by atoms with E-state index < -0.39 is 14.8 Å². The molecule has 0 bridgehead atoms. The summed E-state index contributed by atoms with van der Waals surface area (Å²) >= 11 is 0.930. The third kappa shape index (κ3) is 3.54. The lowest BCUT2D eigenvalue weighted by atomic mass is 10.2. The Kier molecular flexibility index (Phi) is 4.56. The van der Waals surface area contributed by atoms with Gasteiger partial charge in [-0.25, -0.2) is 8.42 Å². The number of thiophene rings is 1. The number of hydrogen-bond acceptors (Lipinski definition) is 8. The van der Waals surface area contributed by atoms with E-state index in [9.17, 15) is 23.6 Å². The molecule has 3 rings (SSSR count). The molecule has 25 heavy (non-hydrogen) atoms. The monoisotopic (exact) mass is 383 g/mol. The maximum atomic E-state index is 11.7. The molecular formula is C15H17N3O5S2. The minimum Gasteiger partial charge on any atom is -0.506 e. The van der Waals surface area contributed by atoms with Crippen molar-refractivity contribution in [2.24, 2.45) is 0 Å². The summed E-state index contributed by atoms with van der Waals surface area (Å²) in [5.74, 6) is 0.192. The van der Waals surface area contributed by atoms with E-state index in [1.165, 1.54) is 0 Å². The molecule has 1 aromatic heterocycles. The molecule has 134 valence electrons. The van der Waals surface area contributed by atoms with E-state index in [0.29, 0.717) is 31.2 Å². The van der Waals surface area contributed by atoms with Crippen molar-refractivity contribution < 1.29 is 18.4 Å². The van der Waals surface area contributed by atoms with Gasteiger partial charge in [-0.3, -0.25) is 10.1 Å². The van der Waals surface area contributed by atoms with E-state index in [4.69, 9.17) is 0 Å². The molecule has 2 aromatic rings. The molecule has 0 amide bonds. The van der Waals surface area contributed by atoms with Gasteiger partial charge in [0.05, 0.1) is 10.6 Å². The second-order valence-electron chi connectivity index (χ2n) is 5.75. The van der Waals surface area contributed by atoms with Crippen LogP contribution in [0.3, 0.4) is 0 Å². The van der Waals surface area contributed by atoms with E-state index in [2.05, 4.69) is 0 Å². The third-order valence-electron chi connectivity index (χ3n) is 4.02. The maximum absolute atomic E-state index is 11.7. The number of phenols is 1. The summed E-state index contributed by atoms with van der Waals surface area (Å²) in [6.45, 7) is 2.14. The zero-order valence-corrected chi connectivity index (χ0v) is 15.1. The van der Waals surface area contributed by atoms with Crippen LogP contribution >= 0.6 is 11.3 Å². The van der Waals surface area contributed by atoms with Crippen LogP contribution in [0.1, 0.15) is 0 Å². The Morgan fingerprint density at radius 3 is 2.32 bits per heavy atom. The molecule has 1 aliphatic heterocycles. The summed E-state index contributed by atoms with van der Waals surface area (Å²) in [6.07, 6.45) is 1.04. The van der Waals surface area contributed by atoms with Gasteiger partial charge in [-0.2, -0.15) is 0 Å². The predicted octanol–water partition coefficient (Wildman–Crippen LogP) is 2.09. The van der Waals surface area contributed by atoms with E-state index in [0.717, 1.165) is 29.3 Å². The molecule has 0 aliphatic carbocycles. The number of rotatable bonds is 4. The van der Waals surface area contributed by atoms with Crippen LogP contribution < -0.4 is 9.80 Å². The Hall–Kier alpha value is -2.33. The number of nitrogens with zero attached hydrogens (tertiary/aromatic N) is 3. The molecule has 0 spiro atoms. The lowest BCUT2D eigenvalue weighted by Gasteiger charge is -2.36. The number of hydrogen-bond donors (Lipinski definition) is 1. The summed E-state index contributed by atoms with van der Waals surface area (Å²) < 4.78 is 23.4. The fraction of sp³-hybridized carbons (Fsp3) is 0.333. The summed E-state index contributed by atoms with van der Waals surface area (Å²) in [4.78, 5) is 14.6. The number of sulfone groups is 1. The number of benzene rings is 1. The van der Waals surface area contributed by atoms with Gasteiger partial charge < -0.3 is 14.9 Å². The molecule has 0 unspecified atom stereocenters. The predicted molar refractivity (Wildman–Crippen MR) is 96.6 cm³/mol. The highest BCUT2D eigenvalue weighted by Crippen LogP contribution is 2.40. The number of anilines is 2. The Morgan fingerprint density at radius 1 is 1.16 bits per heavy atom.